The number of hydrogen-bond acceptors (Lipinski definition) is 2. The zero-order chi connectivity index (χ0) is 13.4. The predicted octanol–water partition coefficient (Wildman–Crippen LogP) is 2.20. The van der Waals surface area contributed by atoms with Crippen molar-refractivity contribution in [2.24, 2.45) is 11.8 Å². The van der Waals surface area contributed by atoms with Gasteiger partial charge in [-0.05, 0) is 38.0 Å². The molecular formula is C15H21NO3. The molecule has 4 heteroatoms. The van der Waals surface area contributed by atoms with E-state index in [2.05, 4.69) is 0 Å². The van der Waals surface area contributed by atoms with E-state index in [1.165, 1.54) is 6.42 Å². The third kappa shape index (κ3) is 2.17. The molecule has 0 aromatic carbocycles. The summed E-state index contributed by atoms with van der Waals surface area (Å²) in [5.74, 6) is -0.351. The average molecular weight is 263 g/mol. The van der Waals surface area contributed by atoms with E-state index in [1.807, 2.05) is 12.2 Å². The number of hydrogen-bond donors (Lipinski definition) is 1. The molecule has 2 fully saturated rings. The zero-order valence-electron chi connectivity index (χ0n) is 11.1. The number of carbonyl (C=O) groups excluding carboxylic acids is 1. The maximum Gasteiger partial charge on any atom is 0.326 e. The van der Waals surface area contributed by atoms with Gasteiger partial charge in [-0.1, -0.05) is 25.0 Å². The number of carboxylic acid groups (broad SMARTS) is 1. The lowest BCUT2D eigenvalue weighted by Crippen LogP contribution is -2.48. The summed E-state index contributed by atoms with van der Waals surface area (Å²) in [4.78, 5) is 25.8. The SMILES string of the molecule is O=C(O)[C@@H]1C[C@H]2CCCC[C@H]2N1C(=O)C1CC=CC1. The number of allylic oxidation sites excluding steroid dienone is 2. The van der Waals surface area contributed by atoms with Crippen molar-refractivity contribution in [3.05, 3.63) is 12.2 Å². The molecule has 0 aromatic heterocycles. The van der Waals surface area contributed by atoms with Crippen molar-refractivity contribution in [1.82, 2.24) is 4.90 Å². The van der Waals surface area contributed by atoms with Gasteiger partial charge in [0, 0.05) is 12.0 Å². The van der Waals surface area contributed by atoms with Gasteiger partial charge in [-0.25, -0.2) is 4.79 Å². The minimum atomic E-state index is -0.825. The summed E-state index contributed by atoms with van der Waals surface area (Å²) in [6.45, 7) is 0. The summed E-state index contributed by atoms with van der Waals surface area (Å²) in [5, 5.41) is 9.41. The molecule has 0 unspecified atom stereocenters. The number of fused-ring (bicyclic) bond motifs is 1. The first-order chi connectivity index (χ1) is 9.18. The maximum absolute atomic E-state index is 12.6. The number of nitrogens with zero attached hydrogens (tertiary/aromatic N) is 1. The first-order valence-corrected chi connectivity index (χ1v) is 7.38. The monoisotopic (exact) mass is 263 g/mol. The van der Waals surface area contributed by atoms with Crippen LogP contribution in [0.4, 0.5) is 0 Å². The Labute approximate surface area is 113 Å². The quantitative estimate of drug-likeness (QED) is 0.777. The molecule has 104 valence electrons. The first kappa shape index (κ1) is 12.7. The van der Waals surface area contributed by atoms with Gasteiger partial charge >= 0.3 is 5.97 Å². The van der Waals surface area contributed by atoms with E-state index < -0.39 is 12.0 Å². The fourth-order valence-corrected chi connectivity index (χ4v) is 4.03. The van der Waals surface area contributed by atoms with E-state index in [1.54, 1.807) is 4.90 Å². The van der Waals surface area contributed by atoms with Crippen LogP contribution in [0.2, 0.25) is 0 Å². The number of rotatable bonds is 2. The molecule has 0 bridgehead atoms. The third-order valence-corrected chi connectivity index (χ3v) is 4.98. The molecule has 2 aliphatic carbocycles. The van der Waals surface area contributed by atoms with Crippen molar-refractivity contribution >= 4 is 11.9 Å². The Morgan fingerprint density at radius 1 is 1.11 bits per heavy atom. The highest BCUT2D eigenvalue weighted by Gasteiger charge is 2.48. The van der Waals surface area contributed by atoms with Crippen LogP contribution in [0.15, 0.2) is 12.2 Å². The Kier molecular flexibility index (Phi) is 3.33. The van der Waals surface area contributed by atoms with Gasteiger partial charge in [0.2, 0.25) is 5.91 Å². The molecule has 1 aliphatic heterocycles. The van der Waals surface area contributed by atoms with E-state index in [0.717, 1.165) is 32.1 Å². The molecule has 1 saturated carbocycles. The lowest BCUT2D eigenvalue weighted by Gasteiger charge is -2.34. The highest BCUT2D eigenvalue weighted by atomic mass is 16.4. The second kappa shape index (κ2) is 4.99. The Bertz CT molecular complexity index is 410. The van der Waals surface area contributed by atoms with Gasteiger partial charge in [0.1, 0.15) is 6.04 Å². The highest BCUT2D eigenvalue weighted by molar-refractivity contribution is 5.86. The summed E-state index contributed by atoms with van der Waals surface area (Å²) in [6, 6.07) is -0.399. The van der Waals surface area contributed by atoms with Crippen LogP contribution in [0.1, 0.15) is 44.9 Å². The highest BCUT2D eigenvalue weighted by Crippen LogP contribution is 2.41. The average Bonchev–Trinajstić information content (AvgIpc) is 3.05. The van der Waals surface area contributed by atoms with E-state index in [9.17, 15) is 14.7 Å². The van der Waals surface area contributed by atoms with Crippen LogP contribution < -0.4 is 0 Å². The van der Waals surface area contributed by atoms with Crippen LogP contribution in [-0.2, 0) is 9.59 Å². The molecular weight excluding hydrogens is 242 g/mol. The molecule has 0 aromatic rings. The number of carboxylic acids is 1. The third-order valence-electron chi connectivity index (χ3n) is 4.98. The van der Waals surface area contributed by atoms with Crippen molar-refractivity contribution in [3.63, 3.8) is 0 Å². The number of carbonyl (C=O) groups is 2. The van der Waals surface area contributed by atoms with E-state index in [4.69, 9.17) is 0 Å². The fourth-order valence-electron chi connectivity index (χ4n) is 4.03. The lowest BCUT2D eigenvalue weighted by atomic mass is 9.84. The summed E-state index contributed by atoms with van der Waals surface area (Å²) in [7, 11) is 0. The summed E-state index contributed by atoms with van der Waals surface area (Å²) < 4.78 is 0. The Hall–Kier alpha value is -1.32. The van der Waals surface area contributed by atoms with E-state index in [-0.39, 0.29) is 17.9 Å². The molecule has 3 aliphatic rings. The number of aliphatic carboxylic acids is 1. The van der Waals surface area contributed by atoms with Gasteiger partial charge in [-0.2, -0.15) is 0 Å². The minimum absolute atomic E-state index is 0.0115. The minimum Gasteiger partial charge on any atom is -0.480 e. The van der Waals surface area contributed by atoms with Crippen LogP contribution in [0.3, 0.4) is 0 Å². The molecule has 1 amide bonds. The Balaban J connectivity index is 1.81. The Morgan fingerprint density at radius 3 is 2.47 bits per heavy atom. The fraction of sp³-hybridized carbons (Fsp3) is 0.733. The predicted molar refractivity (Wildman–Crippen MR) is 70.5 cm³/mol. The van der Waals surface area contributed by atoms with Gasteiger partial charge in [0.05, 0.1) is 0 Å². The molecule has 1 saturated heterocycles. The summed E-state index contributed by atoms with van der Waals surface area (Å²) in [6.07, 6.45) is 10.7. The van der Waals surface area contributed by atoms with Crippen LogP contribution in [0.25, 0.3) is 0 Å². The van der Waals surface area contributed by atoms with Crippen molar-refractivity contribution in [2.75, 3.05) is 0 Å². The van der Waals surface area contributed by atoms with Crippen LogP contribution in [-0.4, -0.2) is 34.0 Å². The topological polar surface area (TPSA) is 57.6 Å². The van der Waals surface area contributed by atoms with E-state index in [0.29, 0.717) is 12.3 Å². The van der Waals surface area contributed by atoms with Crippen LogP contribution >= 0.6 is 0 Å². The number of likely N-dealkylation sites (tertiary alicyclic amines) is 1. The first-order valence-electron chi connectivity index (χ1n) is 7.38. The van der Waals surface area contributed by atoms with Gasteiger partial charge in [0.25, 0.3) is 0 Å². The number of amides is 1. The van der Waals surface area contributed by atoms with Gasteiger partial charge in [-0.15, -0.1) is 0 Å². The molecule has 0 radical (unpaired) electrons. The van der Waals surface area contributed by atoms with Crippen LogP contribution in [0, 0.1) is 11.8 Å². The summed E-state index contributed by atoms with van der Waals surface area (Å²) in [5.41, 5.74) is 0. The lowest BCUT2D eigenvalue weighted by molar-refractivity contribution is -0.151. The molecule has 3 atom stereocenters. The van der Waals surface area contributed by atoms with Gasteiger partial charge in [0.15, 0.2) is 0 Å². The van der Waals surface area contributed by atoms with Crippen molar-refractivity contribution in [3.8, 4) is 0 Å². The zero-order valence-corrected chi connectivity index (χ0v) is 11.1. The second-order valence-electron chi connectivity index (χ2n) is 6.09. The summed E-state index contributed by atoms with van der Waals surface area (Å²) >= 11 is 0. The molecule has 19 heavy (non-hydrogen) atoms. The molecule has 1 heterocycles. The van der Waals surface area contributed by atoms with E-state index >= 15 is 0 Å². The van der Waals surface area contributed by atoms with Crippen molar-refractivity contribution in [2.45, 2.75) is 57.0 Å². The maximum atomic E-state index is 12.6. The Morgan fingerprint density at radius 2 is 1.79 bits per heavy atom. The standard InChI is InChI=1S/C15H21NO3/c17-14(10-5-1-2-6-10)16-12-8-4-3-7-11(12)9-13(16)15(18)19/h1-2,10-13H,3-9H2,(H,18,19)/t11-,12-,13+/m1/s1. The molecule has 1 N–H and O–H groups in total. The van der Waals surface area contributed by atoms with Crippen molar-refractivity contribution < 1.29 is 14.7 Å². The van der Waals surface area contributed by atoms with Gasteiger partial charge in [-0.3, -0.25) is 4.79 Å². The molecule has 3 rings (SSSR count). The van der Waals surface area contributed by atoms with Crippen molar-refractivity contribution in [1.29, 1.82) is 0 Å². The van der Waals surface area contributed by atoms with Crippen LogP contribution in [0.5, 0.6) is 0 Å². The molecule has 4 nitrogen and oxygen atoms in total. The smallest absolute Gasteiger partial charge is 0.326 e. The normalized spacial score (nSPS) is 34.5. The molecule has 0 spiro atoms. The second-order valence-corrected chi connectivity index (χ2v) is 6.09. The largest absolute Gasteiger partial charge is 0.480 e. The van der Waals surface area contributed by atoms with Gasteiger partial charge < -0.3 is 10.0 Å².